The summed E-state index contributed by atoms with van der Waals surface area (Å²) in [4.78, 5) is 22.2. The fourth-order valence-corrected chi connectivity index (χ4v) is 2.88. The second-order valence-corrected chi connectivity index (χ2v) is 5.61. The van der Waals surface area contributed by atoms with Gasteiger partial charge in [0.15, 0.2) is 5.82 Å². The number of amides is 1. The van der Waals surface area contributed by atoms with Gasteiger partial charge in [-0.05, 0) is 29.3 Å². The van der Waals surface area contributed by atoms with Gasteiger partial charge in [-0.2, -0.15) is 0 Å². The van der Waals surface area contributed by atoms with Crippen LogP contribution in [0.5, 0.6) is 0 Å². The van der Waals surface area contributed by atoms with Crippen molar-refractivity contribution >= 4 is 33.5 Å². The molecule has 4 N–H and O–H groups in total. The van der Waals surface area contributed by atoms with E-state index in [2.05, 4.69) is 41.5 Å². The number of anilines is 2. The number of nitrogens with zero attached hydrogens (tertiary/aromatic N) is 3. The van der Waals surface area contributed by atoms with E-state index in [0.717, 1.165) is 18.8 Å². The molecule has 0 radical (unpaired) electrons. The van der Waals surface area contributed by atoms with Gasteiger partial charge in [0.2, 0.25) is 5.91 Å². The van der Waals surface area contributed by atoms with Gasteiger partial charge in [-0.25, -0.2) is 15.8 Å². The lowest BCUT2D eigenvalue weighted by Crippen LogP contribution is -2.39. The maximum absolute atomic E-state index is 11.9. The van der Waals surface area contributed by atoms with E-state index in [1.54, 1.807) is 7.05 Å². The Balaban J connectivity index is 2.24. The van der Waals surface area contributed by atoms with E-state index < -0.39 is 5.41 Å². The highest BCUT2D eigenvalue weighted by atomic mass is 79.9. The third kappa shape index (κ3) is 2.50. The number of halogens is 1. The molecule has 0 spiro atoms. The van der Waals surface area contributed by atoms with E-state index in [4.69, 9.17) is 5.84 Å². The first kappa shape index (κ1) is 14.0. The third-order valence-corrected chi connectivity index (χ3v) is 4.19. The molecular weight excluding hydrogens is 312 g/mol. The van der Waals surface area contributed by atoms with Crippen LogP contribution in [0, 0.1) is 5.41 Å². The Hall–Kier alpha value is -1.41. The molecule has 1 amide bonds. The summed E-state index contributed by atoms with van der Waals surface area (Å²) in [6.07, 6.45) is 2.24. The van der Waals surface area contributed by atoms with Crippen LogP contribution in [0.2, 0.25) is 0 Å². The van der Waals surface area contributed by atoms with Crippen molar-refractivity contribution in [3.8, 4) is 0 Å². The molecule has 0 aromatic carbocycles. The highest BCUT2D eigenvalue weighted by Crippen LogP contribution is 2.37. The lowest BCUT2D eigenvalue weighted by molar-refractivity contribution is -0.128. The fraction of sp³-hybridized carbons (Fsp3) is 0.545. The predicted molar refractivity (Wildman–Crippen MR) is 76.5 cm³/mol. The van der Waals surface area contributed by atoms with E-state index in [-0.39, 0.29) is 5.91 Å². The van der Waals surface area contributed by atoms with Gasteiger partial charge < -0.3 is 15.6 Å². The number of hydrogen-bond acceptors (Lipinski definition) is 6. The number of aromatic nitrogens is 2. The van der Waals surface area contributed by atoms with Gasteiger partial charge in [0, 0.05) is 20.1 Å². The Labute approximate surface area is 120 Å². The van der Waals surface area contributed by atoms with Gasteiger partial charge in [-0.1, -0.05) is 0 Å². The molecule has 8 heteroatoms. The quantitative estimate of drug-likeness (QED) is 0.552. The van der Waals surface area contributed by atoms with Crippen molar-refractivity contribution in [2.75, 3.05) is 30.5 Å². The van der Waals surface area contributed by atoms with Crippen molar-refractivity contribution in [2.45, 2.75) is 13.3 Å². The van der Waals surface area contributed by atoms with Crippen LogP contribution in [-0.2, 0) is 4.79 Å². The molecule has 1 unspecified atom stereocenters. The molecule has 0 aliphatic carbocycles. The summed E-state index contributed by atoms with van der Waals surface area (Å²) >= 11 is 3.43. The van der Waals surface area contributed by atoms with Gasteiger partial charge in [-0.15, -0.1) is 0 Å². The molecule has 104 valence electrons. The monoisotopic (exact) mass is 328 g/mol. The minimum Gasteiger partial charge on any atom is -0.359 e. The van der Waals surface area contributed by atoms with Crippen LogP contribution in [0.25, 0.3) is 0 Å². The van der Waals surface area contributed by atoms with Crippen molar-refractivity contribution in [3.05, 3.63) is 10.8 Å². The summed E-state index contributed by atoms with van der Waals surface area (Å²) in [6.45, 7) is 3.35. The van der Waals surface area contributed by atoms with Crippen LogP contribution in [0.15, 0.2) is 10.8 Å². The molecule has 2 rings (SSSR count). The Kier molecular flexibility index (Phi) is 3.91. The van der Waals surface area contributed by atoms with Crippen LogP contribution in [0.1, 0.15) is 13.3 Å². The molecule has 1 aliphatic heterocycles. The zero-order valence-corrected chi connectivity index (χ0v) is 12.5. The van der Waals surface area contributed by atoms with Crippen molar-refractivity contribution in [1.29, 1.82) is 0 Å². The molecule has 1 aromatic heterocycles. The molecule has 0 bridgehead atoms. The molecule has 1 atom stereocenters. The summed E-state index contributed by atoms with van der Waals surface area (Å²) < 4.78 is 0.707. The second kappa shape index (κ2) is 5.30. The van der Waals surface area contributed by atoms with E-state index in [0.29, 0.717) is 16.8 Å². The van der Waals surface area contributed by atoms with Gasteiger partial charge in [0.05, 0.1) is 5.41 Å². The Morgan fingerprint density at radius 1 is 1.58 bits per heavy atom. The van der Waals surface area contributed by atoms with Crippen LogP contribution < -0.4 is 21.5 Å². The van der Waals surface area contributed by atoms with Crippen LogP contribution in [0.4, 0.5) is 11.6 Å². The molecule has 1 saturated heterocycles. The number of carbonyl (C=O) groups excluding carboxylic acids is 1. The maximum atomic E-state index is 11.9. The number of hydrogen-bond donors (Lipinski definition) is 3. The molecule has 19 heavy (non-hydrogen) atoms. The zero-order chi connectivity index (χ0) is 14.0. The smallest absolute Gasteiger partial charge is 0.227 e. The Bertz CT molecular complexity index is 496. The van der Waals surface area contributed by atoms with Crippen molar-refractivity contribution in [2.24, 2.45) is 11.3 Å². The van der Waals surface area contributed by atoms with Crippen LogP contribution in [0.3, 0.4) is 0 Å². The molecule has 0 saturated carbocycles. The van der Waals surface area contributed by atoms with Gasteiger partial charge in [0.1, 0.15) is 16.6 Å². The predicted octanol–water partition coefficient (Wildman–Crippen LogP) is 0.487. The molecular formula is C11H17BrN6O. The highest BCUT2D eigenvalue weighted by Gasteiger charge is 2.40. The number of hydrazine groups is 1. The highest BCUT2D eigenvalue weighted by molar-refractivity contribution is 9.10. The van der Waals surface area contributed by atoms with E-state index in [1.165, 1.54) is 6.33 Å². The summed E-state index contributed by atoms with van der Waals surface area (Å²) in [5.74, 6) is 6.71. The molecule has 1 aliphatic rings. The van der Waals surface area contributed by atoms with Crippen LogP contribution >= 0.6 is 15.9 Å². The second-order valence-electron chi connectivity index (χ2n) is 4.82. The first-order valence-corrected chi connectivity index (χ1v) is 6.75. The van der Waals surface area contributed by atoms with Gasteiger partial charge >= 0.3 is 0 Å². The molecule has 7 nitrogen and oxygen atoms in total. The largest absolute Gasteiger partial charge is 0.359 e. The number of nitrogen functional groups attached to an aromatic ring is 1. The standard InChI is InChI=1S/C11H17BrN6O/c1-11(10(19)14-2)3-4-18(5-11)9-7(12)8(17-13)15-6-16-9/h6H,3-5,13H2,1-2H3,(H,14,19)(H,15,16,17). The number of nitrogens with one attached hydrogen (secondary N) is 2. The minimum absolute atomic E-state index is 0.0531. The van der Waals surface area contributed by atoms with Crippen molar-refractivity contribution in [1.82, 2.24) is 15.3 Å². The van der Waals surface area contributed by atoms with E-state index in [1.807, 2.05) is 6.92 Å². The van der Waals surface area contributed by atoms with E-state index >= 15 is 0 Å². The van der Waals surface area contributed by atoms with Gasteiger partial charge in [-0.3, -0.25) is 4.79 Å². The minimum atomic E-state index is -0.393. The SMILES string of the molecule is CNC(=O)C1(C)CCN(c2ncnc(NN)c2Br)C1. The maximum Gasteiger partial charge on any atom is 0.227 e. The lowest BCUT2D eigenvalue weighted by atomic mass is 9.89. The zero-order valence-electron chi connectivity index (χ0n) is 10.9. The summed E-state index contributed by atoms with van der Waals surface area (Å²) in [6, 6.07) is 0. The average Bonchev–Trinajstić information content (AvgIpc) is 2.82. The first-order chi connectivity index (χ1) is 9.01. The summed E-state index contributed by atoms with van der Waals surface area (Å²) in [5.41, 5.74) is 2.12. The summed E-state index contributed by atoms with van der Waals surface area (Å²) in [5, 5.41) is 2.71. The fourth-order valence-electron chi connectivity index (χ4n) is 2.31. The topological polar surface area (TPSA) is 96.2 Å². The molecule has 2 heterocycles. The average molecular weight is 329 g/mol. The summed E-state index contributed by atoms with van der Waals surface area (Å²) in [7, 11) is 1.66. The Morgan fingerprint density at radius 3 is 2.95 bits per heavy atom. The van der Waals surface area contributed by atoms with Gasteiger partial charge in [0.25, 0.3) is 0 Å². The van der Waals surface area contributed by atoms with Crippen molar-refractivity contribution in [3.63, 3.8) is 0 Å². The normalized spacial score (nSPS) is 22.4. The Morgan fingerprint density at radius 2 is 2.32 bits per heavy atom. The molecule has 1 aromatic rings. The van der Waals surface area contributed by atoms with Crippen LogP contribution in [-0.4, -0.2) is 36.0 Å². The van der Waals surface area contributed by atoms with E-state index in [9.17, 15) is 4.79 Å². The lowest BCUT2D eigenvalue weighted by Gasteiger charge is -2.24. The number of rotatable bonds is 3. The first-order valence-electron chi connectivity index (χ1n) is 5.96. The van der Waals surface area contributed by atoms with Crippen molar-refractivity contribution < 1.29 is 4.79 Å². The molecule has 1 fully saturated rings. The third-order valence-electron chi connectivity index (χ3n) is 3.46. The number of carbonyl (C=O) groups is 1. The number of nitrogens with two attached hydrogens (primary N) is 1.